The Kier molecular flexibility index (Phi) is 11.3. The van der Waals surface area contributed by atoms with Gasteiger partial charge >= 0.3 is 103 Å². The van der Waals surface area contributed by atoms with Crippen molar-refractivity contribution < 1.29 is 123 Å². The van der Waals surface area contributed by atoms with Gasteiger partial charge in [0.1, 0.15) is 0 Å². The summed E-state index contributed by atoms with van der Waals surface area (Å²) in [6.45, 7) is 3.02. The summed E-state index contributed by atoms with van der Waals surface area (Å²) in [7, 11) is 0. The van der Waals surface area contributed by atoms with Crippen molar-refractivity contribution in [3.8, 4) is 0 Å². The molecule has 0 atom stereocenters. The van der Waals surface area contributed by atoms with Crippen molar-refractivity contribution in [2.45, 2.75) is 19.3 Å². The molecule has 0 saturated heterocycles. The fourth-order valence-corrected chi connectivity index (χ4v) is 1.82. The molecule has 0 fully saturated rings. The first-order valence-electron chi connectivity index (χ1n) is 4.92. The molecule has 1 rings (SSSR count). The fourth-order valence-electron chi connectivity index (χ4n) is 1.82. The third kappa shape index (κ3) is 4.21. The maximum atomic E-state index is 11.2. The van der Waals surface area contributed by atoms with E-state index in [0.29, 0.717) is 0 Å². The second kappa shape index (κ2) is 9.38. The van der Waals surface area contributed by atoms with Gasteiger partial charge in [-0.15, -0.1) is 0 Å². The second-order valence-corrected chi connectivity index (χ2v) is 3.90. The van der Waals surface area contributed by atoms with E-state index >= 15 is 0 Å². The van der Waals surface area contributed by atoms with Crippen LogP contribution in [-0.2, 0) is 15.0 Å². The summed E-state index contributed by atoms with van der Waals surface area (Å²) < 4.78 is 0. The van der Waals surface area contributed by atoms with Crippen LogP contribution in [0.3, 0.4) is 0 Å². The van der Waals surface area contributed by atoms with Crippen LogP contribution in [0.4, 0.5) is 0 Å². The molecule has 0 radical (unpaired) electrons. The summed E-state index contributed by atoms with van der Waals surface area (Å²) in [6.07, 6.45) is 0. The predicted molar refractivity (Wildman–Crippen MR) is 53.0 cm³/mol. The zero-order valence-corrected chi connectivity index (χ0v) is 17.3. The smallest absolute Gasteiger partial charge is 0.549 e. The predicted octanol–water partition coefficient (Wildman–Crippen LogP) is -6.91. The van der Waals surface area contributed by atoms with Crippen LogP contribution >= 0.6 is 0 Å². The Morgan fingerprint density at radius 2 is 1.39 bits per heavy atom. The van der Waals surface area contributed by atoms with Crippen LogP contribution in [0.15, 0.2) is 30.3 Å². The van der Waals surface area contributed by atoms with Crippen LogP contribution in [0.1, 0.15) is 19.4 Å². The minimum atomic E-state index is -2.10. The van der Waals surface area contributed by atoms with Crippen molar-refractivity contribution in [1.82, 2.24) is 0 Å². The Bertz CT molecular complexity index is 390. The molecule has 0 heterocycles. The minimum absolute atomic E-state index is 0. The number of hydrogen-bond donors (Lipinski definition) is 0. The first kappa shape index (κ1) is 21.7. The van der Waals surface area contributed by atoms with E-state index in [1.54, 1.807) is 18.2 Å². The number of carbonyl (C=O) groups excluding carboxylic acids is 2. The maximum absolute atomic E-state index is 11.2. The van der Waals surface area contributed by atoms with Gasteiger partial charge in [-0.05, 0) is 11.5 Å². The summed E-state index contributed by atoms with van der Waals surface area (Å²) in [5, 5.41) is 22.3. The van der Waals surface area contributed by atoms with Crippen LogP contribution in [-0.4, -0.2) is 11.9 Å². The molecule has 0 spiro atoms. The molecule has 0 saturated carbocycles. The summed E-state index contributed by atoms with van der Waals surface area (Å²) in [5.74, 6) is -3.95. The van der Waals surface area contributed by atoms with E-state index in [-0.39, 0.29) is 108 Å². The quantitative estimate of drug-likeness (QED) is 0.409. The standard InChI is InChI=1S/C12H14O4.2K/c1-8(2)12(10(13)14,11(15)16)9-6-4-3-5-7-9;;/h3-8H,1-2H3,(H,13,14)(H,15,16);;/q;2*+1/p-2. The molecular weight excluding hydrogens is 286 g/mol. The van der Waals surface area contributed by atoms with E-state index in [2.05, 4.69) is 0 Å². The molecule has 0 N–H and O–H groups in total. The first-order chi connectivity index (χ1) is 7.44. The third-order valence-electron chi connectivity index (χ3n) is 2.74. The van der Waals surface area contributed by atoms with Crippen molar-refractivity contribution in [2.75, 3.05) is 0 Å². The molecule has 18 heavy (non-hydrogen) atoms. The zero-order valence-electron chi connectivity index (χ0n) is 11.1. The molecule has 0 aliphatic heterocycles. The Morgan fingerprint density at radius 3 is 1.67 bits per heavy atom. The molecule has 0 amide bonds. The van der Waals surface area contributed by atoms with Crippen LogP contribution in [0.25, 0.3) is 0 Å². The number of carboxylic acid groups (broad SMARTS) is 2. The number of carbonyl (C=O) groups is 2. The Balaban J connectivity index is 0. The molecule has 0 aliphatic rings. The average molecular weight is 298 g/mol. The Labute approximate surface area is 191 Å². The summed E-state index contributed by atoms with van der Waals surface area (Å²) >= 11 is 0. The largest absolute Gasteiger partial charge is 1.00 e. The molecule has 0 bridgehead atoms. The molecule has 4 nitrogen and oxygen atoms in total. The van der Waals surface area contributed by atoms with Gasteiger partial charge < -0.3 is 19.8 Å². The number of benzene rings is 1. The zero-order chi connectivity index (χ0) is 12.3. The monoisotopic (exact) mass is 298 g/mol. The van der Waals surface area contributed by atoms with Gasteiger partial charge in [-0.2, -0.15) is 0 Å². The van der Waals surface area contributed by atoms with E-state index in [9.17, 15) is 19.8 Å². The Hall–Kier alpha value is 1.43. The number of aliphatic carboxylic acids is 2. The van der Waals surface area contributed by atoms with Crippen LogP contribution in [0.5, 0.6) is 0 Å². The van der Waals surface area contributed by atoms with E-state index in [1.807, 2.05) is 0 Å². The van der Waals surface area contributed by atoms with Gasteiger partial charge in [-0.1, -0.05) is 44.2 Å². The van der Waals surface area contributed by atoms with Crippen molar-refractivity contribution >= 4 is 11.9 Å². The fraction of sp³-hybridized carbons (Fsp3) is 0.333. The van der Waals surface area contributed by atoms with Crippen LogP contribution in [0.2, 0.25) is 0 Å². The molecule has 0 aromatic heterocycles. The number of rotatable bonds is 4. The topological polar surface area (TPSA) is 80.3 Å². The minimum Gasteiger partial charge on any atom is -0.549 e. The van der Waals surface area contributed by atoms with Gasteiger partial charge in [0.05, 0.1) is 17.4 Å². The van der Waals surface area contributed by atoms with E-state index in [1.165, 1.54) is 26.0 Å². The number of hydrogen-bond acceptors (Lipinski definition) is 4. The normalized spacial score (nSPS) is 10.2. The van der Waals surface area contributed by atoms with Gasteiger partial charge in [0.25, 0.3) is 0 Å². The first-order valence-corrected chi connectivity index (χ1v) is 4.92. The van der Waals surface area contributed by atoms with E-state index in [0.717, 1.165) is 0 Å². The molecule has 0 unspecified atom stereocenters. The Morgan fingerprint density at radius 1 is 1.00 bits per heavy atom. The maximum Gasteiger partial charge on any atom is 1.00 e. The van der Waals surface area contributed by atoms with Crippen LogP contribution in [0, 0.1) is 5.92 Å². The molecular formula is C12H12K2O4. The van der Waals surface area contributed by atoms with Crippen molar-refractivity contribution in [1.29, 1.82) is 0 Å². The SMILES string of the molecule is CC(C)C(C(=O)[O-])(C(=O)[O-])c1ccccc1.[K+].[K+]. The van der Waals surface area contributed by atoms with Crippen molar-refractivity contribution in [2.24, 2.45) is 5.92 Å². The second-order valence-electron chi connectivity index (χ2n) is 3.90. The molecule has 1 aromatic carbocycles. The summed E-state index contributed by atoms with van der Waals surface area (Å²) in [5.41, 5.74) is -1.92. The van der Waals surface area contributed by atoms with Gasteiger partial charge in [-0.3, -0.25) is 0 Å². The number of carboxylic acids is 2. The average Bonchev–Trinajstić information content (AvgIpc) is 2.18. The van der Waals surface area contributed by atoms with Gasteiger partial charge in [0.2, 0.25) is 0 Å². The van der Waals surface area contributed by atoms with Gasteiger partial charge in [0.15, 0.2) is 0 Å². The molecule has 0 aliphatic carbocycles. The van der Waals surface area contributed by atoms with E-state index < -0.39 is 23.3 Å². The van der Waals surface area contributed by atoms with Crippen molar-refractivity contribution in [3.05, 3.63) is 35.9 Å². The van der Waals surface area contributed by atoms with Crippen LogP contribution < -0.4 is 113 Å². The summed E-state index contributed by atoms with van der Waals surface area (Å²) in [6, 6.07) is 7.74. The van der Waals surface area contributed by atoms with E-state index in [4.69, 9.17) is 0 Å². The summed E-state index contributed by atoms with van der Waals surface area (Å²) in [4.78, 5) is 22.3. The molecule has 1 aromatic rings. The molecule has 6 heteroatoms. The van der Waals surface area contributed by atoms with Gasteiger partial charge in [0, 0.05) is 0 Å². The van der Waals surface area contributed by atoms with Crippen molar-refractivity contribution in [3.63, 3.8) is 0 Å². The van der Waals surface area contributed by atoms with Gasteiger partial charge in [-0.25, -0.2) is 0 Å². The molecule has 86 valence electrons. The third-order valence-corrected chi connectivity index (χ3v) is 2.74.